The van der Waals surface area contributed by atoms with Crippen LogP contribution in [0.4, 0.5) is 5.69 Å². The molecule has 2 aromatic heterocycles. The summed E-state index contributed by atoms with van der Waals surface area (Å²) in [5.74, 6) is 1.30. The lowest BCUT2D eigenvalue weighted by Crippen LogP contribution is -2.19. The zero-order chi connectivity index (χ0) is 27.6. The number of fused-ring (bicyclic) bond motifs is 1. The summed E-state index contributed by atoms with van der Waals surface area (Å²) in [4.78, 5) is 16.7. The number of aromatic nitrogens is 4. The molecule has 0 aliphatic rings. The molecule has 0 bridgehead atoms. The number of nitrogens with one attached hydrogen (secondary N) is 1. The Balaban J connectivity index is 1.78. The summed E-state index contributed by atoms with van der Waals surface area (Å²) in [5, 5.41) is 9.35. The molecule has 0 saturated carbocycles. The predicted octanol–water partition coefficient (Wildman–Crippen LogP) is 2.80. The van der Waals surface area contributed by atoms with E-state index in [0.717, 1.165) is 0 Å². The standard InChI is InChI=1S/C25H28N6O6S/c1-16-27-24(15-29(16)2)38(33,34)28-20-12-21-22(31(4)25(32)30(21)3)13-23(20)37-19-10-17(14-26)9-18(11-19)36-8-6-7-35-5/h9-13,15,28H,6-8H2,1-5H3. The van der Waals surface area contributed by atoms with E-state index in [0.29, 0.717) is 47.8 Å². The van der Waals surface area contributed by atoms with E-state index in [9.17, 15) is 18.5 Å². The fraction of sp³-hybridized carbons (Fsp3) is 0.320. The Morgan fingerprint density at radius 2 is 1.71 bits per heavy atom. The van der Waals surface area contributed by atoms with Gasteiger partial charge in [-0.1, -0.05) is 0 Å². The maximum atomic E-state index is 13.2. The van der Waals surface area contributed by atoms with Gasteiger partial charge in [0, 0.05) is 59.6 Å². The van der Waals surface area contributed by atoms with Crippen LogP contribution in [0.1, 0.15) is 17.8 Å². The molecule has 0 aliphatic carbocycles. The molecule has 12 nitrogen and oxygen atoms in total. The van der Waals surface area contributed by atoms with Gasteiger partial charge in [-0.3, -0.25) is 13.9 Å². The van der Waals surface area contributed by atoms with Crippen LogP contribution in [0.3, 0.4) is 0 Å². The molecule has 0 radical (unpaired) electrons. The van der Waals surface area contributed by atoms with Crippen molar-refractivity contribution in [3.05, 3.63) is 58.4 Å². The molecule has 0 saturated heterocycles. The Kier molecular flexibility index (Phi) is 7.47. The van der Waals surface area contributed by atoms with E-state index in [1.807, 2.05) is 0 Å². The molecule has 2 heterocycles. The maximum absolute atomic E-state index is 13.2. The first-order chi connectivity index (χ1) is 18.0. The van der Waals surface area contributed by atoms with E-state index in [-0.39, 0.29) is 27.9 Å². The number of rotatable bonds is 10. The van der Waals surface area contributed by atoms with Gasteiger partial charge in [0.1, 0.15) is 17.3 Å². The number of hydrogen-bond acceptors (Lipinski definition) is 8. The van der Waals surface area contributed by atoms with Crippen molar-refractivity contribution in [2.45, 2.75) is 18.4 Å². The van der Waals surface area contributed by atoms with Gasteiger partial charge in [-0.2, -0.15) is 13.7 Å². The minimum atomic E-state index is -4.10. The number of methoxy groups -OCH3 is 1. The second-order valence-electron chi connectivity index (χ2n) is 8.68. The van der Waals surface area contributed by atoms with Crippen LogP contribution in [-0.4, -0.2) is 47.4 Å². The molecule has 0 fully saturated rings. The number of ether oxygens (including phenoxy) is 3. The molecule has 1 N–H and O–H groups in total. The normalized spacial score (nSPS) is 11.5. The first-order valence-corrected chi connectivity index (χ1v) is 13.1. The van der Waals surface area contributed by atoms with E-state index >= 15 is 0 Å². The number of aryl methyl sites for hydroxylation is 4. The molecular formula is C25H28N6O6S. The lowest BCUT2D eigenvalue weighted by molar-refractivity contribution is 0.172. The minimum Gasteiger partial charge on any atom is -0.493 e. The van der Waals surface area contributed by atoms with Crippen molar-refractivity contribution in [2.24, 2.45) is 21.1 Å². The molecule has 2 aromatic carbocycles. The number of imidazole rings is 2. The number of nitrogens with zero attached hydrogens (tertiary/aromatic N) is 5. The van der Waals surface area contributed by atoms with Gasteiger partial charge in [-0.15, -0.1) is 0 Å². The van der Waals surface area contributed by atoms with Gasteiger partial charge in [-0.25, -0.2) is 9.78 Å². The monoisotopic (exact) mass is 540 g/mol. The summed E-state index contributed by atoms with van der Waals surface area (Å²) >= 11 is 0. The van der Waals surface area contributed by atoms with Gasteiger partial charge in [0.05, 0.1) is 35.0 Å². The number of anilines is 1. The Morgan fingerprint density at radius 3 is 2.34 bits per heavy atom. The van der Waals surface area contributed by atoms with Crippen LogP contribution in [-0.2, 0) is 35.9 Å². The quantitative estimate of drug-likeness (QED) is 0.303. The van der Waals surface area contributed by atoms with Crippen LogP contribution in [0.25, 0.3) is 11.0 Å². The van der Waals surface area contributed by atoms with Crippen LogP contribution < -0.4 is 19.9 Å². The van der Waals surface area contributed by atoms with Crippen LogP contribution in [0.5, 0.6) is 17.2 Å². The number of hydrogen-bond donors (Lipinski definition) is 1. The molecule has 0 atom stereocenters. The zero-order valence-corrected chi connectivity index (χ0v) is 22.5. The predicted molar refractivity (Wildman–Crippen MR) is 140 cm³/mol. The van der Waals surface area contributed by atoms with Crippen molar-refractivity contribution in [2.75, 3.05) is 25.0 Å². The summed E-state index contributed by atoms with van der Waals surface area (Å²) in [6, 6.07) is 9.85. The molecule has 0 aliphatic heterocycles. The number of nitriles is 1. The van der Waals surface area contributed by atoms with E-state index in [1.165, 1.54) is 27.5 Å². The Labute approximate surface area is 219 Å². The average molecular weight is 541 g/mol. The fourth-order valence-electron chi connectivity index (χ4n) is 3.84. The Hall–Kier alpha value is -4.28. The molecule has 4 aromatic rings. The van der Waals surface area contributed by atoms with Crippen molar-refractivity contribution < 1.29 is 22.6 Å². The molecule has 38 heavy (non-hydrogen) atoms. The lowest BCUT2D eigenvalue weighted by atomic mass is 10.2. The third-order valence-electron chi connectivity index (χ3n) is 5.98. The smallest absolute Gasteiger partial charge is 0.328 e. The second kappa shape index (κ2) is 10.6. The number of sulfonamides is 1. The minimum absolute atomic E-state index is 0.0897. The van der Waals surface area contributed by atoms with Gasteiger partial charge in [0.15, 0.2) is 10.8 Å². The van der Waals surface area contributed by atoms with Crippen molar-refractivity contribution in [3.63, 3.8) is 0 Å². The summed E-state index contributed by atoms with van der Waals surface area (Å²) in [5.41, 5.74) is 1.12. The van der Waals surface area contributed by atoms with Crippen molar-refractivity contribution in [1.29, 1.82) is 5.26 Å². The fourth-order valence-corrected chi connectivity index (χ4v) is 4.94. The Morgan fingerprint density at radius 1 is 1.03 bits per heavy atom. The van der Waals surface area contributed by atoms with Crippen molar-refractivity contribution >= 4 is 26.7 Å². The van der Waals surface area contributed by atoms with Crippen LogP contribution >= 0.6 is 0 Å². The molecule has 4 rings (SSSR count). The largest absolute Gasteiger partial charge is 0.493 e. The van der Waals surface area contributed by atoms with Crippen LogP contribution in [0, 0.1) is 18.3 Å². The van der Waals surface area contributed by atoms with E-state index in [4.69, 9.17) is 14.2 Å². The highest BCUT2D eigenvalue weighted by Gasteiger charge is 2.23. The molecule has 0 spiro atoms. The van der Waals surface area contributed by atoms with Gasteiger partial charge in [0.25, 0.3) is 10.0 Å². The number of benzene rings is 2. The Bertz CT molecular complexity index is 1690. The van der Waals surface area contributed by atoms with E-state index in [1.54, 1.807) is 57.9 Å². The van der Waals surface area contributed by atoms with Crippen LogP contribution in [0.15, 0.2) is 46.3 Å². The van der Waals surface area contributed by atoms with Crippen molar-refractivity contribution in [3.8, 4) is 23.3 Å². The third kappa shape index (κ3) is 5.36. The van der Waals surface area contributed by atoms with Gasteiger partial charge in [0.2, 0.25) is 0 Å². The van der Waals surface area contributed by atoms with Gasteiger partial charge < -0.3 is 18.8 Å². The average Bonchev–Trinajstić information content (AvgIpc) is 3.33. The summed E-state index contributed by atoms with van der Waals surface area (Å²) in [7, 11) is 2.40. The highest BCUT2D eigenvalue weighted by molar-refractivity contribution is 7.92. The van der Waals surface area contributed by atoms with Crippen LogP contribution in [0.2, 0.25) is 0 Å². The van der Waals surface area contributed by atoms with E-state index < -0.39 is 10.0 Å². The first-order valence-electron chi connectivity index (χ1n) is 11.6. The molecular weight excluding hydrogens is 512 g/mol. The highest BCUT2D eigenvalue weighted by atomic mass is 32.2. The maximum Gasteiger partial charge on any atom is 0.328 e. The topological polar surface area (TPSA) is 142 Å². The van der Waals surface area contributed by atoms with Crippen molar-refractivity contribution in [1.82, 2.24) is 18.7 Å². The summed E-state index contributed by atoms with van der Waals surface area (Å²) in [6.07, 6.45) is 2.06. The van der Waals surface area contributed by atoms with Gasteiger partial charge in [-0.05, 0) is 25.1 Å². The van der Waals surface area contributed by atoms with E-state index in [2.05, 4.69) is 15.8 Å². The lowest BCUT2D eigenvalue weighted by Gasteiger charge is -2.15. The van der Waals surface area contributed by atoms with Gasteiger partial charge >= 0.3 is 5.69 Å². The molecule has 13 heteroatoms. The summed E-state index contributed by atoms with van der Waals surface area (Å²) < 4.78 is 50.3. The second-order valence-corrected chi connectivity index (χ2v) is 10.3. The summed E-state index contributed by atoms with van der Waals surface area (Å²) in [6.45, 7) is 2.58. The SMILES string of the molecule is COCCCOc1cc(C#N)cc(Oc2cc3c(cc2NS(=O)(=O)c2cn(C)c(C)n2)n(C)c(=O)n3C)c1. The zero-order valence-electron chi connectivity index (χ0n) is 21.7. The molecule has 0 unspecified atom stereocenters. The highest BCUT2D eigenvalue weighted by Crippen LogP contribution is 2.36. The molecule has 200 valence electrons. The molecule has 0 amide bonds. The third-order valence-corrected chi connectivity index (χ3v) is 7.21. The first kappa shape index (κ1) is 26.8.